The average Bonchev–Trinajstić information content (AvgIpc) is 2.99. The van der Waals surface area contributed by atoms with Crippen LogP contribution in [-0.4, -0.2) is 17.9 Å². The normalized spacial score (nSPS) is 18.0. The van der Waals surface area contributed by atoms with Crippen LogP contribution in [0.3, 0.4) is 0 Å². The maximum absolute atomic E-state index is 12.5. The second-order valence-electron chi connectivity index (χ2n) is 5.86. The van der Waals surface area contributed by atoms with Gasteiger partial charge in [-0.25, -0.2) is 0 Å². The van der Waals surface area contributed by atoms with Crippen molar-refractivity contribution in [2.45, 2.75) is 51.6 Å². The molecule has 1 fully saturated rings. The molecular formula is C17H24N2O2. The second-order valence-corrected chi connectivity index (χ2v) is 5.86. The molecule has 0 spiro atoms. The van der Waals surface area contributed by atoms with Crippen molar-refractivity contribution in [3.63, 3.8) is 0 Å². The van der Waals surface area contributed by atoms with Crippen molar-refractivity contribution < 1.29 is 9.59 Å². The van der Waals surface area contributed by atoms with E-state index in [4.69, 9.17) is 0 Å². The summed E-state index contributed by atoms with van der Waals surface area (Å²) in [4.78, 5) is 23.9. The molecule has 4 nitrogen and oxygen atoms in total. The Morgan fingerprint density at radius 1 is 1.10 bits per heavy atom. The number of carbonyl (C=O) groups is 2. The highest BCUT2D eigenvalue weighted by Crippen LogP contribution is 2.28. The number of rotatable bonds is 5. The van der Waals surface area contributed by atoms with Crippen molar-refractivity contribution in [3.05, 3.63) is 35.9 Å². The molecule has 1 aromatic rings. The molecule has 0 saturated heterocycles. The smallest absolute Gasteiger partial charge is 0.243 e. The topological polar surface area (TPSA) is 58.2 Å². The van der Waals surface area contributed by atoms with E-state index < -0.39 is 6.04 Å². The van der Waals surface area contributed by atoms with E-state index in [1.807, 2.05) is 37.3 Å². The van der Waals surface area contributed by atoms with Gasteiger partial charge < -0.3 is 10.6 Å². The van der Waals surface area contributed by atoms with Crippen LogP contribution in [0.15, 0.2) is 30.3 Å². The molecule has 2 N–H and O–H groups in total. The minimum atomic E-state index is -0.406. The fraction of sp³-hybridized carbons (Fsp3) is 0.529. The first-order chi connectivity index (χ1) is 10.1. The van der Waals surface area contributed by atoms with Crippen LogP contribution in [-0.2, 0) is 9.59 Å². The van der Waals surface area contributed by atoms with E-state index in [0.29, 0.717) is 0 Å². The van der Waals surface area contributed by atoms with Crippen LogP contribution in [0.5, 0.6) is 0 Å². The Bertz CT molecular complexity index is 481. The van der Waals surface area contributed by atoms with Gasteiger partial charge in [0.2, 0.25) is 11.8 Å². The van der Waals surface area contributed by atoms with Gasteiger partial charge in [0.1, 0.15) is 6.04 Å². The monoisotopic (exact) mass is 288 g/mol. The van der Waals surface area contributed by atoms with Crippen molar-refractivity contribution in [2.75, 3.05) is 0 Å². The minimum absolute atomic E-state index is 0.0589. The summed E-state index contributed by atoms with van der Waals surface area (Å²) >= 11 is 0. The predicted molar refractivity (Wildman–Crippen MR) is 82.6 cm³/mol. The Morgan fingerprint density at radius 3 is 2.29 bits per heavy atom. The largest absolute Gasteiger partial charge is 0.348 e. The average molecular weight is 288 g/mol. The lowest BCUT2D eigenvalue weighted by atomic mass is 9.96. The number of benzene rings is 1. The van der Waals surface area contributed by atoms with E-state index in [-0.39, 0.29) is 23.8 Å². The highest BCUT2D eigenvalue weighted by molar-refractivity contribution is 5.87. The first-order valence-electron chi connectivity index (χ1n) is 7.70. The molecular weight excluding hydrogens is 264 g/mol. The van der Waals surface area contributed by atoms with Crippen LogP contribution in [0.1, 0.15) is 51.1 Å². The molecule has 2 amide bonds. The predicted octanol–water partition coefficient (Wildman–Crippen LogP) is 2.56. The maximum atomic E-state index is 12.5. The summed E-state index contributed by atoms with van der Waals surface area (Å²) in [7, 11) is 0. The molecule has 2 rings (SSSR count). The van der Waals surface area contributed by atoms with Crippen LogP contribution in [0.2, 0.25) is 0 Å². The molecule has 1 aromatic carbocycles. The third kappa shape index (κ3) is 4.31. The highest BCUT2D eigenvalue weighted by Gasteiger charge is 2.31. The molecule has 0 aromatic heterocycles. The third-order valence-electron chi connectivity index (χ3n) is 4.17. The lowest BCUT2D eigenvalue weighted by Crippen LogP contribution is -2.50. The lowest BCUT2D eigenvalue weighted by molar-refractivity contribution is -0.129. The molecule has 114 valence electrons. The molecule has 2 atom stereocenters. The van der Waals surface area contributed by atoms with Crippen molar-refractivity contribution in [1.29, 1.82) is 0 Å². The van der Waals surface area contributed by atoms with Gasteiger partial charge in [0.25, 0.3) is 0 Å². The number of hydrogen-bond donors (Lipinski definition) is 2. The van der Waals surface area contributed by atoms with Crippen LogP contribution < -0.4 is 10.6 Å². The Kier molecular flexibility index (Phi) is 5.37. The first-order valence-corrected chi connectivity index (χ1v) is 7.70. The van der Waals surface area contributed by atoms with Crippen LogP contribution >= 0.6 is 0 Å². The SMILES string of the molecule is CC(=O)N[C@@H](C(=O)N[C@@H](C)c1ccccc1)C1CCCC1. The highest BCUT2D eigenvalue weighted by atomic mass is 16.2. The van der Waals surface area contributed by atoms with Gasteiger partial charge >= 0.3 is 0 Å². The van der Waals surface area contributed by atoms with Gasteiger partial charge in [-0.2, -0.15) is 0 Å². The molecule has 4 heteroatoms. The number of nitrogens with one attached hydrogen (secondary N) is 2. The third-order valence-corrected chi connectivity index (χ3v) is 4.17. The van der Waals surface area contributed by atoms with Gasteiger partial charge in [0, 0.05) is 6.92 Å². The molecule has 0 radical (unpaired) electrons. The van der Waals surface area contributed by atoms with E-state index in [1.165, 1.54) is 6.92 Å². The Labute approximate surface area is 126 Å². The van der Waals surface area contributed by atoms with Gasteiger partial charge in [0.05, 0.1) is 6.04 Å². The van der Waals surface area contributed by atoms with Crippen molar-refractivity contribution in [2.24, 2.45) is 5.92 Å². The Morgan fingerprint density at radius 2 is 1.71 bits per heavy atom. The summed E-state index contributed by atoms with van der Waals surface area (Å²) < 4.78 is 0. The van der Waals surface area contributed by atoms with E-state index >= 15 is 0 Å². The van der Waals surface area contributed by atoms with Crippen LogP contribution in [0.4, 0.5) is 0 Å². The first kappa shape index (κ1) is 15.5. The summed E-state index contributed by atoms with van der Waals surface area (Å²) in [5, 5.41) is 5.85. The minimum Gasteiger partial charge on any atom is -0.348 e. The molecule has 0 bridgehead atoms. The summed E-state index contributed by atoms with van der Waals surface area (Å²) in [5.74, 6) is 0.0414. The summed E-state index contributed by atoms with van der Waals surface area (Å²) in [5.41, 5.74) is 1.07. The number of hydrogen-bond acceptors (Lipinski definition) is 2. The second kappa shape index (κ2) is 7.25. The quantitative estimate of drug-likeness (QED) is 0.875. The number of amides is 2. The fourth-order valence-electron chi connectivity index (χ4n) is 3.04. The molecule has 0 heterocycles. The van der Waals surface area contributed by atoms with Gasteiger partial charge in [-0.15, -0.1) is 0 Å². The van der Waals surface area contributed by atoms with E-state index in [2.05, 4.69) is 10.6 Å². The zero-order valence-corrected chi connectivity index (χ0v) is 12.8. The fourth-order valence-corrected chi connectivity index (χ4v) is 3.04. The zero-order chi connectivity index (χ0) is 15.2. The van der Waals surface area contributed by atoms with E-state index in [9.17, 15) is 9.59 Å². The van der Waals surface area contributed by atoms with Gasteiger partial charge in [0.15, 0.2) is 0 Å². The summed E-state index contributed by atoms with van der Waals surface area (Å²) in [6, 6.07) is 9.39. The Hall–Kier alpha value is -1.84. The van der Waals surface area contributed by atoms with E-state index in [0.717, 1.165) is 31.2 Å². The Balaban J connectivity index is 2.02. The molecule has 1 saturated carbocycles. The van der Waals surface area contributed by atoms with Crippen molar-refractivity contribution in [1.82, 2.24) is 10.6 Å². The van der Waals surface area contributed by atoms with Crippen molar-refractivity contribution in [3.8, 4) is 0 Å². The lowest BCUT2D eigenvalue weighted by Gasteiger charge is -2.25. The zero-order valence-electron chi connectivity index (χ0n) is 12.8. The molecule has 1 aliphatic rings. The van der Waals surface area contributed by atoms with Gasteiger partial charge in [-0.05, 0) is 31.2 Å². The van der Waals surface area contributed by atoms with Gasteiger partial charge in [-0.3, -0.25) is 9.59 Å². The van der Waals surface area contributed by atoms with Crippen LogP contribution in [0, 0.1) is 5.92 Å². The van der Waals surface area contributed by atoms with Crippen LogP contribution in [0.25, 0.3) is 0 Å². The molecule has 0 unspecified atom stereocenters. The standard InChI is InChI=1S/C17H24N2O2/c1-12(14-8-4-3-5-9-14)18-17(21)16(19-13(2)20)15-10-6-7-11-15/h3-5,8-9,12,15-16H,6-7,10-11H2,1-2H3,(H,18,21)(H,19,20)/t12-,16+/m0/s1. The molecule has 1 aliphatic carbocycles. The van der Waals surface area contributed by atoms with Gasteiger partial charge in [-0.1, -0.05) is 43.2 Å². The summed E-state index contributed by atoms with van der Waals surface area (Å²) in [6.45, 7) is 3.43. The van der Waals surface area contributed by atoms with Crippen molar-refractivity contribution >= 4 is 11.8 Å². The van der Waals surface area contributed by atoms with E-state index in [1.54, 1.807) is 0 Å². The molecule has 21 heavy (non-hydrogen) atoms. The summed E-state index contributed by atoms with van der Waals surface area (Å²) in [6.07, 6.45) is 4.31. The number of carbonyl (C=O) groups excluding carboxylic acids is 2. The maximum Gasteiger partial charge on any atom is 0.243 e. The molecule has 0 aliphatic heterocycles.